The Kier molecular flexibility index (Phi) is 4.47. The Morgan fingerprint density at radius 3 is 2.76 bits per heavy atom. The second-order valence-corrected chi connectivity index (χ2v) is 7.86. The molecule has 1 spiro atoms. The first-order valence-electron chi connectivity index (χ1n) is 9.20. The molecule has 0 aromatic carbocycles. The van der Waals surface area contributed by atoms with Crippen LogP contribution >= 0.6 is 0 Å². The van der Waals surface area contributed by atoms with E-state index in [1.54, 1.807) is 6.20 Å². The number of hydrogen-bond acceptors (Lipinski definition) is 6. The molecule has 7 heteroatoms. The third-order valence-corrected chi connectivity index (χ3v) is 5.85. The van der Waals surface area contributed by atoms with E-state index in [0.717, 1.165) is 50.6 Å². The first kappa shape index (κ1) is 16.9. The van der Waals surface area contributed by atoms with Gasteiger partial charge in [0.1, 0.15) is 0 Å². The summed E-state index contributed by atoms with van der Waals surface area (Å²) in [7, 11) is 0. The van der Waals surface area contributed by atoms with Gasteiger partial charge in [-0.05, 0) is 31.6 Å². The number of nitrogens with zero attached hydrogens (tertiary/aromatic N) is 3. The van der Waals surface area contributed by atoms with Gasteiger partial charge < -0.3 is 15.2 Å². The summed E-state index contributed by atoms with van der Waals surface area (Å²) >= 11 is 0. The van der Waals surface area contributed by atoms with Gasteiger partial charge >= 0.3 is 5.97 Å². The van der Waals surface area contributed by atoms with Crippen LogP contribution in [0, 0.1) is 5.92 Å². The molecule has 0 bridgehead atoms. The Morgan fingerprint density at radius 2 is 2.16 bits per heavy atom. The van der Waals surface area contributed by atoms with Crippen LogP contribution in [-0.2, 0) is 11.3 Å². The number of rotatable bonds is 5. The second kappa shape index (κ2) is 6.63. The quantitative estimate of drug-likeness (QED) is 0.831. The number of carbonyl (C=O) groups is 1. The number of hydrogen-bond donors (Lipinski definition) is 2. The molecule has 2 saturated heterocycles. The lowest BCUT2D eigenvalue weighted by atomic mass is 9.87. The molecule has 2 aliphatic heterocycles. The summed E-state index contributed by atoms with van der Waals surface area (Å²) in [5.41, 5.74) is 0.852. The van der Waals surface area contributed by atoms with Gasteiger partial charge in [-0.3, -0.25) is 9.88 Å². The number of carboxylic acid groups (broad SMARTS) is 1. The fourth-order valence-corrected chi connectivity index (χ4v) is 4.05. The molecule has 25 heavy (non-hydrogen) atoms. The Bertz CT molecular complexity index is 628. The predicted molar refractivity (Wildman–Crippen MR) is 91.3 cm³/mol. The normalized spacial score (nSPS) is 31.3. The highest BCUT2D eigenvalue weighted by Gasteiger charge is 2.44. The van der Waals surface area contributed by atoms with Crippen LogP contribution in [0.4, 0.5) is 0 Å². The monoisotopic (exact) mass is 346 g/mol. The number of aromatic carboxylic acids is 1. The average Bonchev–Trinajstić information content (AvgIpc) is 3.15. The van der Waals surface area contributed by atoms with E-state index >= 15 is 0 Å². The number of nitrogens with one attached hydrogen (secondary N) is 1. The highest BCUT2D eigenvalue weighted by Crippen LogP contribution is 2.38. The molecule has 0 radical (unpaired) electrons. The van der Waals surface area contributed by atoms with Gasteiger partial charge in [0.2, 0.25) is 0 Å². The van der Waals surface area contributed by atoms with Crippen molar-refractivity contribution in [3.63, 3.8) is 0 Å². The smallest absolute Gasteiger partial charge is 0.356 e. The summed E-state index contributed by atoms with van der Waals surface area (Å²) in [6, 6.07) is 1.21. The fraction of sp³-hybridized carbons (Fsp3) is 0.722. The summed E-state index contributed by atoms with van der Waals surface area (Å²) in [6.07, 6.45) is 7.42. The van der Waals surface area contributed by atoms with Crippen LogP contribution in [-0.4, -0.2) is 63.3 Å². The van der Waals surface area contributed by atoms with Crippen LogP contribution in [0.3, 0.4) is 0 Å². The third kappa shape index (κ3) is 3.83. The predicted octanol–water partition coefficient (Wildman–Crippen LogP) is 1.30. The molecule has 1 aromatic rings. The molecule has 3 heterocycles. The molecular weight excluding hydrogens is 320 g/mol. The van der Waals surface area contributed by atoms with Crippen molar-refractivity contribution in [1.82, 2.24) is 20.2 Å². The molecule has 4 rings (SSSR count). The van der Waals surface area contributed by atoms with Crippen LogP contribution in [0.5, 0.6) is 0 Å². The van der Waals surface area contributed by atoms with E-state index in [2.05, 4.69) is 27.1 Å². The Balaban J connectivity index is 1.26. The van der Waals surface area contributed by atoms with Crippen molar-refractivity contribution in [3.05, 3.63) is 23.8 Å². The van der Waals surface area contributed by atoms with Gasteiger partial charge in [-0.2, -0.15) is 0 Å². The van der Waals surface area contributed by atoms with Crippen molar-refractivity contribution < 1.29 is 14.6 Å². The number of aromatic nitrogens is 2. The number of piperidine rings is 1. The van der Waals surface area contributed by atoms with E-state index in [-0.39, 0.29) is 11.3 Å². The first-order chi connectivity index (χ1) is 12.0. The van der Waals surface area contributed by atoms with E-state index < -0.39 is 5.97 Å². The van der Waals surface area contributed by atoms with Crippen LogP contribution in [0.2, 0.25) is 0 Å². The molecule has 1 aromatic heterocycles. The topological polar surface area (TPSA) is 87.6 Å². The standard InChI is InChI=1S/C18H26N4O3/c1-12-6-15(12)21-13-7-18(25-11-13)2-4-22(5-3-18)10-14-8-20-16(9-19-14)17(23)24/h8-9,12-13,15,21H,2-7,10-11H2,1H3,(H,23,24)/t12-,13?,15-/m1/s1. The van der Waals surface area contributed by atoms with Crippen LogP contribution < -0.4 is 5.32 Å². The van der Waals surface area contributed by atoms with E-state index in [0.29, 0.717) is 18.6 Å². The van der Waals surface area contributed by atoms with Gasteiger partial charge in [0.25, 0.3) is 0 Å². The summed E-state index contributed by atoms with van der Waals surface area (Å²) in [4.78, 5) is 21.3. The highest BCUT2D eigenvalue weighted by atomic mass is 16.5. The lowest BCUT2D eigenvalue weighted by Gasteiger charge is -2.38. The Labute approximate surface area is 147 Å². The maximum Gasteiger partial charge on any atom is 0.356 e. The van der Waals surface area contributed by atoms with Gasteiger partial charge in [-0.15, -0.1) is 0 Å². The zero-order valence-electron chi connectivity index (χ0n) is 14.6. The van der Waals surface area contributed by atoms with Crippen molar-refractivity contribution in [1.29, 1.82) is 0 Å². The lowest BCUT2D eigenvalue weighted by molar-refractivity contribution is -0.0451. The lowest BCUT2D eigenvalue weighted by Crippen LogP contribution is -2.44. The van der Waals surface area contributed by atoms with E-state index in [9.17, 15) is 4.79 Å². The van der Waals surface area contributed by atoms with E-state index in [4.69, 9.17) is 9.84 Å². The number of likely N-dealkylation sites (tertiary alicyclic amines) is 1. The van der Waals surface area contributed by atoms with Crippen LogP contribution in [0.25, 0.3) is 0 Å². The largest absolute Gasteiger partial charge is 0.476 e. The van der Waals surface area contributed by atoms with Crippen molar-refractivity contribution >= 4 is 5.97 Å². The van der Waals surface area contributed by atoms with Crippen molar-refractivity contribution in [2.24, 2.45) is 5.92 Å². The zero-order chi connectivity index (χ0) is 17.4. The molecule has 136 valence electrons. The van der Waals surface area contributed by atoms with Crippen LogP contribution in [0.15, 0.2) is 12.4 Å². The third-order valence-electron chi connectivity index (χ3n) is 5.85. The summed E-state index contributed by atoms with van der Waals surface area (Å²) in [5.74, 6) is -0.215. The van der Waals surface area contributed by atoms with E-state index in [1.807, 2.05) is 0 Å². The van der Waals surface area contributed by atoms with Gasteiger partial charge in [0, 0.05) is 31.7 Å². The SMILES string of the molecule is C[C@@H]1C[C@H]1NC1COC2(CCN(Cc3cnc(C(=O)O)cn3)CC2)C1. The molecule has 2 N–H and O–H groups in total. The maximum atomic E-state index is 10.8. The minimum atomic E-state index is -1.04. The fourth-order valence-electron chi connectivity index (χ4n) is 4.05. The summed E-state index contributed by atoms with van der Waals surface area (Å²) < 4.78 is 6.22. The summed E-state index contributed by atoms with van der Waals surface area (Å²) in [5, 5.41) is 12.6. The van der Waals surface area contributed by atoms with Crippen LogP contribution in [0.1, 0.15) is 48.8 Å². The van der Waals surface area contributed by atoms with Gasteiger partial charge in [-0.25, -0.2) is 9.78 Å². The molecule has 3 atom stereocenters. The molecule has 1 aliphatic carbocycles. The number of ether oxygens (including phenoxy) is 1. The molecule has 1 saturated carbocycles. The Morgan fingerprint density at radius 1 is 1.40 bits per heavy atom. The Hall–Kier alpha value is -1.57. The van der Waals surface area contributed by atoms with Crippen molar-refractivity contribution in [2.75, 3.05) is 19.7 Å². The average molecular weight is 346 g/mol. The summed E-state index contributed by atoms with van der Waals surface area (Å²) in [6.45, 7) is 5.81. The molecule has 7 nitrogen and oxygen atoms in total. The zero-order valence-corrected chi connectivity index (χ0v) is 14.6. The van der Waals surface area contributed by atoms with Gasteiger partial charge in [-0.1, -0.05) is 6.92 Å². The minimum absolute atomic E-state index is 0.00998. The van der Waals surface area contributed by atoms with Crippen molar-refractivity contribution in [3.8, 4) is 0 Å². The van der Waals surface area contributed by atoms with Gasteiger partial charge in [0.15, 0.2) is 5.69 Å². The minimum Gasteiger partial charge on any atom is -0.476 e. The molecule has 3 fully saturated rings. The molecule has 0 amide bonds. The number of carboxylic acids is 1. The first-order valence-corrected chi connectivity index (χ1v) is 9.20. The maximum absolute atomic E-state index is 10.8. The molecule has 1 unspecified atom stereocenters. The van der Waals surface area contributed by atoms with Crippen molar-refractivity contribution in [2.45, 2.75) is 56.8 Å². The highest BCUT2D eigenvalue weighted by molar-refractivity contribution is 5.84. The molecule has 3 aliphatic rings. The van der Waals surface area contributed by atoms with Gasteiger partial charge in [0.05, 0.1) is 30.3 Å². The second-order valence-electron chi connectivity index (χ2n) is 7.86. The molecular formula is C18H26N4O3. The van der Waals surface area contributed by atoms with E-state index in [1.165, 1.54) is 12.6 Å².